The lowest BCUT2D eigenvalue weighted by molar-refractivity contribution is 0.112. The fourth-order valence-corrected chi connectivity index (χ4v) is 3.53. The van der Waals surface area contributed by atoms with Crippen molar-refractivity contribution in [2.24, 2.45) is 0 Å². The first kappa shape index (κ1) is 14.0. The van der Waals surface area contributed by atoms with Gasteiger partial charge in [0.1, 0.15) is 17.2 Å². The highest BCUT2D eigenvalue weighted by molar-refractivity contribution is 7.23. The number of halogens is 1. The van der Waals surface area contributed by atoms with Crippen LogP contribution in [0.15, 0.2) is 30.6 Å². The highest BCUT2D eigenvalue weighted by Crippen LogP contribution is 2.42. The summed E-state index contributed by atoms with van der Waals surface area (Å²) in [5.41, 5.74) is 1.96. The summed E-state index contributed by atoms with van der Waals surface area (Å²) in [4.78, 5) is 20.5. The molecule has 3 aromatic rings. The van der Waals surface area contributed by atoms with Crippen LogP contribution in [0.3, 0.4) is 0 Å². The van der Waals surface area contributed by atoms with Gasteiger partial charge in [-0.3, -0.25) is 4.79 Å². The molecular formula is C15H11ClN2O2S. The summed E-state index contributed by atoms with van der Waals surface area (Å²) >= 11 is 7.50. The Balaban J connectivity index is 2.30. The number of aldehydes is 1. The van der Waals surface area contributed by atoms with Gasteiger partial charge in [-0.05, 0) is 19.1 Å². The zero-order chi connectivity index (χ0) is 14.8. The molecule has 0 aliphatic rings. The number of para-hydroxylation sites is 1. The molecular weight excluding hydrogens is 308 g/mol. The summed E-state index contributed by atoms with van der Waals surface area (Å²) in [7, 11) is 0. The normalized spacial score (nSPS) is 10.8. The number of hydrogen-bond acceptors (Lipinski definition) is 5. The predicted molar refractivity (Wildman–Crippen MR) is 84.4 cm³/mol. The number of nitrogens with zero attached hydrogens (tertiary/aromatic N) is 2. The number of carbonyl (C=O) groups is 1. The van der Waals surface area contributed by atoms with Crippen LogP contribution < -0.4 is 4.74 Å². The van der Waals surface area contributed by atoms with Gasteiger partial charge >= 0.3 is 0 Å². The third-order valence-electron chi connectivity index (χ3n) is 3.01. The molecule has 0 amide bonds. The standard InChI is InChI=1S/C15H11ClN2O2S/c1-2-20-11-6-4-3-5-9(11)13-10(7-19)12-14(21-13)15(16)18-8-17-12/h3-8H,2H2,1H3. The largest absolute Gasteiger partial charge is 0.493 e. The zero-order valence-electron chi connectivity index (χ0n) is 11.2. The molecule has 0 radical (unpaired) electrons. The summed E-state index contributed by atoms with van der Waals surface area (Å²) in [5.74, 6) is 0.735. The molecule has 0 aliphatic carbocycles. The van der Waals surface area contributed by atoms with Crippen LogP contribution in [0, 0.1) is 0 Å². The van der Waals surface area contributed by atoms with Crippen molar-refractivity contribution in [2.75, 3.05) is 6.61 Å². The van der Waals surface area contributed by atoms with Crippen molar-refractivity contribution in [3.63, 3.8) is 0 Å². The Kier molecular flexibility index (Phi) is 3.86. The number of carbonyl (C=O) groups excluding carboxylic acids is 1. The third-order valence-corrected chi connectivity index (χ3v) is 4.65. The molecule has 4 nitrogen and oxygen atoms in total. The Morgan fingerprint density at radius 2 is 2.14 bits per heavy atom. The second-order valence-corrected chi connectivity index (χ2v) is 5.61. The molecule has 2 heterocycles. The van der Waals surface area contributed by atoms with Gasteiger partial charge < -0.3 is 4.74 Å². The summed E-state index contributed by atoms with van der Waals surface area (Å²) < 4.78 is 6.35. The maximum atomic E-state index is 11.5. The molecule has 0 N–H and O–H groups in total. The van der Waals surface area contributed by atoms with E-state index in [0.717, 1.165) is 22.5 Å². The second-order valence-electron chi connectivity index (χ2n) is 4.23. The van der Waals surface area contributed by atoms with E-state index in [1.54, 1.807) is 0 Å². The van der Waals surface area contributed by atoms with Crippen LogP contribution in [0.1, 0.15) is 17.3 Å². The first-order valence-corrected chi connectivity index (χ1v) is 7.56. The Labute approximate surface area is 130 Å². The number of aromatic nitrogens is 2. The van der Waals surface area contributed by atoms with Crippen molar-refractivity contribution in [1.82, 2.24) is 9.97 Å². The smallest absolute Gasteiger partial charge is 0.153 e. The molecule has 3 rings (SSSR count). The SMILES string of the molecule is CCOc1ccccc1-c1sc2c(Cl)ncnc2c1C=O. The van der Waals surface area contributed by atoms with E-state index < -0.39 is 0 Å². The van der Waals surface area contributed by atoms with Crippen molar-refractivity contribution in [3.05, 3.63) is 41.3 Å². The summed E-state index contributed by atoms with van der Waals surface area (Å²) in [5, 5.41) is 0.355. The van der Waals surface area contributed by atoms with Gasteiger partial charge in [-0.15, -0.1) is 11.3 Å². The highest BCUT2D eigenvalue weighted by atomic mass is 35.5. The Bertz CT molecular complexity index is 817. The van der Waals surface area contributed by atoms with E-state index in [4.69, 9.17) is 16.3 Å². The topological polar surface area (TPSA) is 52.1 Å². The highest BCUT2D eigenvalue weighted by Gasteiger charge is 2.19. The number of ether oxygens (including phenoxy) is 1. The fraction of sp³-hybridized carbons (Fsp3) is 0.133. The zero-order valence-corrected chi connectivity index (χ0v) is 12.7. The van der Waals surface area contributed by atoms with Gasteiger partial charge in [0.15, 0.2) is 6.29 Å². The van der Waals surface area contributed by atoms with Crippen LogP contribution in [0.25, 0.3) is 20.7 Å². The average molecular weight is 319 g/mol. The number of fused-ring (bicyclic) bond motifs is 1. The molecule has 106 valence electrons. The fourth-order valence-electron chi connectivity index (χ4n) is 2.14. The van der Waals surface area contributed by atoms with Crippen LogP contribution in [0.2, 0.25) is 5.15 Å². The minimum atomic E-state index is 0.355. The molecule has 0 atom stereocenters. The van der Waals surface area contributed by atoms with Crippen LogP contribution in [-0.4, -0.2) is 22.9 Å². The first-order valence-electron chi connectivity index (χ1n) is 6.36. The minimum Gasteiger partial charge on any atom is -0.493 e. The van der Waals surface area contributed by atoms with Gasteiger partial charge in [-0.25, -0.2) is 9.97 Å². The average Bonchev–Trinajstić information content (AvgIpc) is 2.88. The number of thiophene rings is 1. The summed E-state index contributed by atoms with van der Waals surface area (Å²) in [6, 6.07) is 7.61. The van der Waals surface area contributed by atoms with Crippen molar-refractivity contribution in [1.29, 1.82) is 0 Å². The van der Waals surface area contributed by atoms with Crippen molar-refractivity contribution in [3.8, 4) is 16.2 Å². The van der Waals surface area contributed by atoms with E-state index in [-0.39, 0.29) is 0 Å². The summed E-state index contributed by atoms with van der Waals surface area (Å²) in [6.07, 6.45) is 2.17. The van der Waals surface area contributed by atoms with Crippen LogP contribution in [0.4, 0.5) is 0 Å². The lowest BCUT2D eigenvalue weighted by atomic mass is 10.1. The van der Waals surface area contributed by atoms with Gasteiger partial charge in [0.2, 0.25) is 0 Å². The number of hydrogen-bond donors (Lipinski definition) is 0. The Morgan fingerprint density at radius 1 is 1.33 bits per heavy atom. The van der Waals surface area contributed by atoms with E-state index in [0.29, 0.717) is 27.5 Å². The van der Waals surface area contributed by atoms with Gasteiger partial charge in [0.05, 0.1) is 27.3 Å². The molecule has 6 heteroatoms. The minimum absolute atomic E-state index is 0.355. The van der Waals surface area contributed by atoms with Crippen LogP contribution in [-0.2, 0) is 0 Å². The van der Waals surface area contributed by atoms with E-state index in [1.165, 1.54) is 17.7 Å². The molecule has 2 aromatic heterocycles. The molecule has 0 unspecified atom stereocenters. The van der Waals surface area contributed by atoms with Crippen molar-refractivity contribution < 1.29 is 9.53 Å². The lowest BCUT2D eigenvalue weighted by Crippen LogP contribution is -1.94. The summed E-state index contributed by atoms with van der Waals surface area (Å²) in [6.45, 7) is 2.48. The van der Waals surface area contributed by atoms with E-state index >= 15 is 0 Å². The molecule has 21 heavy (non-hydrogen) atoms. The second kappa shape index (κ2) is 5.79. The van der Waals surface area contributed by atoms with E-state index in [2.05, 4.69) is 9.97 Å². The monoisotopic (exact) mass is 318 g/mol. The Hall–Kier alpha value is -1.98. The maximum absolute atomic E-state index is 11.5. The van der Waals surface area contributed by atoms with Crippen molar-refractivity contribution >= 4 is 39.4 Å². The van der Waals surface area contributed by atoms with E-state index in [1.807, 2.05) is 31.2 Å². The molecule has 0 saturated carbocycles. The maximum Gasteiger partial charge on any atom is 0.153 e. The lowest BCUT2D eigenvalue weighted by Gasteiger charge is -2.08. The molecule has 0 fully saturated rings. The van der Waals surface area contributed by atoms with Gasteiger partial charge in [-0.1, -0.05) is 23.7 Å². The third kappa shape index (κ3) is 2.39. The predicted octanol–water partition coefficient (Wildman–Crippen LogP) is 4.22. The molecule has 0 spiro atoms. The Morgan fingerprint density at radius 3 is 2.90 bits per heavy atom. The van der Waals surface area contributed by atoms with E-state index in [9.17, 15) is 4.79 Å². The number of rotatable bonds is 4. The first-order chi connectivity index (χ1) is 10.3. The quantitative estimate of drug-likeness (QED) is 0.534. The number of benzene rings is 1. The van der Waals surface area contributed by atoms with Crippen LogP contribution >= 0.6 is 22.9 Å². The van der Waals surface area contributed by atoms with Gasteiger partial charge in [0.25, 0.3) is 0 Å². The molecule has 1 aromatic carbocycles. The van der Waals surface area contributed by atoms with Crippen molar-refractivity contribution in [2.45, 2.75) is 6.92 Å². The molecule has 0 saturated heterocycles. The molecule has 0 bridgehead atoms. The van der Waals surface area contributed by atoms with Gasteiger partial charge in [-0.2, -0.15) is 0 Å². The van der Waals surface area contributed by atoms with Crippen LogP contribution in [0.5, 0.6) is 5.75 Å². The molecule has 0 aliphatic heterocycles. The van der Waals surface area contributed by atoms with Gasteiger partial charge in [0, 0.05) is 5.56 Å².